The van der Waals surface area contributed by atoms with Crippen molar-refractivity contribution in [3.63, 3.8) is 0 Å². The van der Waals surface area contributed by atoms with Gasteiger partial charge in [0.1, 0.15) is 11.5 Å². The molecule has 0 radical (unpaired) electrons. The normalized spacial score (nSPS) is 16.0. The van der Waals surface area contributed by atoms with Gasteiger partial charge < -0.3 is 19.3 Å². The van der Waals surface area contributed by atoms with Crippen LogP contribution in [0.15, 0.2) is 36.7 Å². The average molecular weight is 445 g/mol. The topological polar surface area (TPSA) is 80.5 Å². The molecule has 0 unspecified atom stereocenters. The Morgan fingerprint density at radius 2 is 2.13 bits per heavy atom. The Morgan fingerprint density at radius 1 is 1.32 bits per heavy atom. The summed E-state index contributed by atoms with van der Waals surface area (Å²) in [6.07, 6.45) is 3.52. The number of aliphatic hydroxyl groups excluding tert-OH is 1. The summed E-state index contributed by atoms with van der Waals surface area (Å²) >= 11 is 5.97. The zero-order valence-corrected chi connectivity index (χ0v) is 17.9. The molecular weight excluding hydrogens is 423 g/mol. The molecule has 0 spiro atoms. The second-order valence-electron chi connectivity index (χ2n) is 7.55. The molecule has 1 aliphatic rings. The third kappa shape index (κ3) is 4.19. The van der Waals surface area contributed by atoms with Crippen LogP contribution < -0.4 is 0 Å². The summed E-state index contributed by atoms with van der Waals surface area (Å²) in [5.74, 6) is -0.618. The molecule has 0 saturated carbocycles. The fourth-order valence-electron chi connectivity index (χ4n) is 3.94. The average Bonchev–Trinajstić information content (AvgIpc) is 3.17. The fraction of sp³-hybridized carbons (Fsp3) is 0.318. The van der Waals surface area contributed by atoms with Crippen LogP contribution in [0.4, 0.5) is 4.39 Å². The lowest BCUT2D eigenvalue weighted by Gasteiger charge is -2.36. The van der Waals surface area contributed by atoms with E-state index in [2.05, 4.69) is 9.97 Å². The van der Waals surface area contributed by atoms with Gasteiger partial charge in [-0.25, -0.2) is 14.4 Å². The lowest BCUT2D eigenvalue weighted by atomic mass is 10.0. The molecular formula is C22H22ClFN4O3. The molecule has 162 valence electrons. The van der Waals surface area contributed by atoms with Crippen molar-refractivity contribution in [1.82, 2.24) is 19.4 Å². The van der Waals surface area contributed by atoms with Crippen LogP contribution in [-0.4, -0.2) is 50.2 Å². The highest BCUT2D eigenvalue weighted by Gasteiger charge is 2.34. The van der Waals surface area contributed by atoms with Gasteiger partial charge in [0.05, 0.1) is 24.9 Å². The zero-order chi connectivity index (χ0) is 22.1. The number of methoxy groups -OCH3 is 1. The van der Waals surface area contributed by atoms with Crippen LogP contribution in [0, 0.1) is 12.7 Å². The lowest BCUT2D eigenvalue weighted by Crippen LogP contribution is -2.49. The first-order valence-electron chi connectivity index (χ1n) is 9.79. The predicted molar refractivity (Wildman–Crippen MR) is 113 cm³/mol. The van der Waals surface area contributed by atoms with Gasteiger partial charge in [0.2, 0.25) is 5.28 Å². The lowest BCUT2D eigenvalue weighted by molar-refractivity contribution is 0.0386. The molecule has 2 aromatic heterocycles. The van der Waals surface area contributed by atoms with Crippen molar-refractivity contribution in [1.29, 1.82) is 0 Å². The van der Waals surface area contributed by atoms with Gasteiger partial charge in [0.15, 0.2) is 0 Å². The standard InChI is InChI=1S/C22H22ClFN4O3/c1-13-7-25-22(23)26-20(13)16-6-19-21(30)28(18(12-31-2)10-27(19)8-16)9-15-5-17(24)4-3-14(15)11-29/h3-8,18,29H,9-12H2,1-2H3/t18-/m1/s1. The third-order valence-corrected chi connectivity index (χ3v) is 5.66. The number of aryl methyl sites for hydroxylation is 1. The van der Waals surface area contributed by atoms with Crippen LogP contribution in [0.25, 0.3) is 11.3 Å². The molecule has 1 atom stereocenters. The fourth-order valence-corrected chi connectivity index (χ4v) is 4.07. The van der Waals surface area contributed by atoms with E-state index in [-0.39, 0.29) is 30.4 Å². The van der Waals surface area contributed by atoms with E-state index in [0.29, 0.717) is 35.7 Å². The number of carbonyl (C=O) groups is 1. The number of fused-ring (bicyclic) bond motifs is 1. The molecule has 1 aromatic carbocycles. The maximum Gasteiger partial charge on any atom is 0.271 e. The largest absolute Gasteiger partial charge is 0.392 e. The molecule has 0 saturated heterocycles. The highest BCUT2D eigenvalue weighted by atomic mass is 35.5. The summed E-state index contributed by atoms with van der Waals surface area (Å²) in [5.41, 5.74) is 3.92. The number of rotatable bonds is 6. The van der Waals surface area contributed by atoms with E-state index in [0.717, 1.165) is 11.1 Å². The van der Waals surface area contributed by atoms with Gasteiger partial charge in [-0.3, -0.25) is 4.79 Å². The predicted octanol–water partition coefficient (Wildman–Crippen LogP) is 3.21. The summed E-state index contributed by atoms with van der Waals surface area (Å²) < 4.78 is 21.1. The van der Waals surface area contributed by atoms with Crippen LogP contribution in [-0.2, 0) is 24.4 Å². The molecule has 31 heavy (non-hydrogen) atoms. The Hall–Kier alpha value is -2.81. The minimum atomic E-state index is -0.415. The first-order chi connectivity index (χ1) is 14.9. The molecule has 0 aliphatic carbocycles. The number of halogens is 2. The van der Waals surface area contributed by atoms with Crippen LogP contribution in [0.3, 0.4) is 0 Å². The van der Waals surface area contributed by atoms with Gasteiger partial charge in [0, 0.05) is 38.2 Å². The maximum absolute atomic E-state index is 13.8. The number of carbonyl (C=O) groups excluding carboxylic acids is 1. The van der Waals surface area contributed by atoms with E-state index in [4.69, 9.17) is 16.3 Å². The minimum absolute atomic E-state index is 0.137. The maximum atomic E-state index is 13.8. The summed E-state index contributed by atoms with van der Waals surface area (Å²) in [4.78, 5) is 23.4. The van der Waals surface area contributed by atoms with Crippen molar-refractivity contribution in [3.05, 3.63) is 70.1 Å². The van der Waals surface area contributed by atoms with Crippen molar-refractivity contribution < 1.29 is 19.0 Å². The molecule has 4 rings (SSSR count). The highest BCUT2D eigenvalue weighted by Crippen LogP contribution is 2.29. The van der Waals surface area contributed by atoms with E-state index >= 15 is 0 Å². The zero-order valence-electron chi connectivity index (χ0n) is 17.2. The van der Waals surface area contributed by atoms with Crippen molar-refractivity contribution >= 4 is 17.5 Å². The van der Waals surface area contributed by atoms with Crippen molar-refractivity contribution in [2.24, 2.45) is 0 Å². The summed E-state index contributed by atoms with van der Waals surface area (Å²) in [6, 6.07) is 5.71. The molecule has 3 aromatic rings. The summed E-state index contributed by atoms with van der Waals surface area (Å²) in [6.45, 7) is 2.64. The Kier molecular flexibility index (Phi) is 6.04. The number of aromatic nitrogens is 3. The molecule has 1 aliphatic heterocycles. The highest BCUT2D eigenvalue weighted by molar-refractivity contribution is 6.28. The smallest absolute Gasteiger partial charge is 0.271 e. The van der Waals surface area contributed by atoms with Crippen LogP contribution >= 0.6 is 11.6 Å². The van der Waals surface area contributed by atoms with Crippen molar-refractivity contribution in [2.45, 2.75) is 32.7 Å². The molecule has 1 amide bonds. The quantitative estimate of drug-likeness (QED) is 0.590. The number of hydrogen-bond donors (Lipinski definition) is 1. The van der Waals surface area contributed by atoms with Gasteiger partial charge >= 0.3 is 0 Å². The number of nitrogens with zero attached hydrogens (tertiary/aromatic N) is 4. The SMILES string of the molecule is COC[C@H]1Cn2cc(-c3nc(Cl)ncc3C)cc2C(=O)N1Cc1cc(F)ccc1CO. The molecule has 0 bridgehead atoms. The van der Waals surface area contributed by atoms with Gasteiger partial charge in [-0.2, -0.15) is 0 Å². The summed E-state index contributed by atoms with van der Waals surface area (Å²) in [7, 11) is 1.58. The number of ether oxygens (including phenoxy) is 1. The number of aliphatic hydroxyl groups is 1. The van der Waals surface area contributed by atoms with Gasteiger partial charge in [-0.1, -0.05) is 6.07 Å². The summed E-state index contributed by atoms with van der Waals surface area (Å²) in [5, 5.41) is 9.77. The van der Waals surface area contributed by atoms with Gasteiger partial charge in [-0.05, 0) is 53.4 Å². The van der Waals surface area contributed by atoms with Crippen molar-refractivity contribution in [3.8, 4) is 11.3 Å². The minimum Gasteiger partial charge on any atom is -0.392 e. The van der Waals surface area contributed by atoms with E-state index in [9.17, 15) is 14.3 Å². The molecule has 3 heterocycles. The van der Waals surface area contributed by atoms with Crippen LogP contribution in [0.2, 0.25) is 5.28 Å². The monoisotopic (exact) mass is 444 g/mol. The number of amides is 1. The molecule has 9 heteroatoms. The Balaban J connectivity index is 1.72. The Morgan fingerprint density at radius 3 is 2.87 bits per heavy atom. The van der Waals surface area contributed by atoms with Crippen LogP contribution in [0.1, 0.15) is 27.2 Å². The van der Waals surface area contributed by atoms with Crippen LogP contribution in [0.5, 0.6) is 0 Å². The third-order valence-electron chi connectivity index (χ3n) is 5.48. The second kappa shape index (κ2) is 8.74. The van der Waals surface area contributed by atoms with E-state index < -0.39 is 5.82 Å². The van der Waals surface area contributed by atoms with Gasteiger partial charge in [-0.15, -0.1) is 0 Å². The van der Waals surface area contributed by atoms with E-state index in [1.54, 1.807) is 24.3 Å². The van der Waals surface area contributed by atoms with E-state index in [1.165, 1.54) is 18.2 Å². The Labute approximate surface area is 184 Å². The number of benzene rings is 1. The van der Waals surface area contributed by atoms with E-state index in [1.807, 2.05) is 17.7 Å². The molecule has 0 fully saturated rings. The Bertz CT molecular complexity index is 1130. The molecule has 1 N–H and O–H groups in total. The van der Waals surface area contributed by atoms with Crippen molar-refractivity contribution in [2.75, 3.05) is 13.7 Å². The number of hydrogen-bond acceptors (Lipinski definition) is 5. The first-order valence-corrected chi connectivity index (χ1v) is 10.2. The second-order valence-corrected chi connectivity index (χ2v) is 7.89. The first kappa shape index (κ1) is 21.4. The molecule has 7 nitrogen and oxygen atoms in total. The van der Waals surface area contributed by atoms with Gasteiger partial charge in [0.25, 0.3) is 5.91 Å².